The standard InChI is InChI=1S/C56H34/c1-3-15-45-35(9-1)19-20-44-32-39(25-28-47(44)45)38-11-7-12-40(31-38)48-26-21-36-24-30-53-49(27-22-37-23-29-52(48)55(36)56(37)53)41-13-8-14-42(33-41)54-34-43-10-2-4-16-46(43)50-17-5-6-18-51(50)54/h1-34H. The molecule has 0 saturated heterocycles. The van der Waals surface area contributed by atoms with Gasteiger partial charge >= 0.3 is 0 Å². The summed E-state index contributed by atoms with van der Waals surface area (Å²) in [5.74, 6) is 0. The highest BCUT2D eigenvalue weighted by Crippen LogP contribution is 2.44. The fourth-order valence-electron chi connectivity index (χ4n) is 9.51. The lowest BCUT2D eigenvalue weighted by Gasteiger charge is -2.17. The third-order valence-corrected chi connectivity index (χ3v) is 12.2. The molecule has 0 amide bonds. The van der Waals surface area contributed by atoms with Gasteiger partial charge in [0.1, 0.15) is 0 Å². The number of hydrogen-bond donors (Lipinski definition) is 0. The summed E-state index contributed by atoms with van der Waals surface area (Å²) in [5, 5.41) is 18.1. The molecule has 0 nitrogen and oxygen atoms in total. The van der Waals surface area contributed by atoms with Crippen LogP contribution in [-0.2, 0) is 0 Å². The Bertz CT molecular complexity index is 3530. The van der Waals surface area contributed by atoms with Gasteiger partial charge in [-0.3, -0.25) is 0 Å². The minimum Gasteiger partial charge on any atom is -0.0616 e. The second-order valence-electron chi connectivity index (χ2n) is 15.2. The summed E-state index contributed by atoms with van der Waals surface area (Å²) < 4.78 is 0. The molecule has 0 aliphatic carbocycles. The third-order valence-electron chi connectivity index (χ3n) is 12.2. The molecule has 0 saturated carbocycles. The van der Waals surface area contributed by atoms with Crippen LogP contribution < -0.4 is 0 Å². The van der Waals surface area contributed by atoms with Crippen LogP contribution in [0.15, 0.2) is 206 Å². The van der Waals surface area contributed by atoms with Crippen LogP contribution in [0.25, 0.3) is 120 Å². The van der Waals surface area contributed by atoms with E-state index >= 15 is 0 Å². The predicted octanol–water partition coefficient (Wildman–Crippen LogP) is 15.9. The minimum absolute atomic E-state index is 1.23. The molecule has 0 fully saturated rings. The maximum atomic E-state index is 2.38. The van der Waals surface area contributed by atoms with E-state index in [0.29, 0.717) is 0 Å². The van der Waals surface area contributed by atoms with Crippen LogP contribution >= 0.6 is 0 Å². The molecule has 0 N–H and O–H groups in total. The normalized spacial score (nSPS) is 11.9. The molecule has 0 aliphatic heterocycles. The summed E-state index contributed by atoms with van der Waals surface area (Å²) in [5.41, 5.74) is 9.94. The van der Waals surface area contributed by atoms with Crippen LogP contribution in [-0.4, -0.2) is 0 Å². The van der Waals surface area contributed by atoms with Gasteiger partial charge in [0, 0.05) is 0 Å². The molecule has 0 heteroatoms. The Hall–Kier alpha value is -7.28. The minimum atomic E-state index is 1.23. The molecule has 0 spiro atoms. The highest BCUT2D eigenvalue weighted by atomic mass is 14.2. The predicted molar refractivity (Wildman–Crippen MR) is 242 cm³/mol. The fraction of sp³-hybridized carbons (Fsp3) is 0. The summed E-state index contributed by atoms with van der Waals surface area (Å²) in [7, 11) is 0. The second kappa shape index (κ2) is 12.1. The van der Waals surface area contributed by atoms with Gasteiger partial charge in [0.05, 0.1) is 0 Å². The number of benzene rings is 12. The Kier molecular flexibility index (Phi) is 6.73. The molecule has 0 radical (unpaired) electrons. The second-order valence-corrected chi connectivity index (χ2v) is 15.2. The largest absolute Gasteiger partial charge is 0.0616 e. The first-order chi connectivity index (χ1) is 27.7. The van der Waals surface area contributed by atoms with Crippen molar-refractivity contribution in [2.24, 2.45) is 0 Å². The molecule has 0 atom stereocenters. The molecule has 258 valence electrons. The Morgan fingerprint density at radius 3 is 1.30 bits per heavy atom. The zero-order valence-corrected chi connectivity index (χ0v) is 30.6. The van der Waals surface area contributed by atoms with Crippen molar-refractivity contribution < 1.29 is 0 Å². The van der Waals surface area contributed by atoms with Gasteiger partial charge in [-0.05, 0) is 144 Å². The third kappa shape index (κ3) is 4.73. The van der Waals surface area contributed by atoms with Gasteiger partial charge < -0.3 is 0 Å². The molecule has 56 heavy (non-hydrogen) atoms. The Morgan fingerprint density at radius 1 is 0.179 bits per heavy atom. The van der Waals surface area contributed by atoms with Crippen molar-refractivity contribution >= 4 is 75.4 Å². The number of hydrogen-bond acceptors (Lipinski definition) is 0. The quantitative estimate of drug-likeness (QED) is 0.160. The Labute approximate surface area is 324 Å². The monoisotopic (exact) mass is 706 g/mol. The van der Waals surface area contributed by atoms with E-state index in [1.54, 1.807) is 0 Å². The molecule has 12 aromatic carbocycles. The summed E-state index contributed by atoms with van der Waals surface area (Å²) >= 11 is 0. The number of fused-ring (bicyclic) bond motifs is 6. The molecule has 12 aromatic rings. The van der Waals surface area contributed by atoms with Crippen LogP contribution in [0, 0.1) is 0 Å². The van der Waals surface area contributed by atoms with Gasteiger partial charge in [-0.2, -0.15) is 0 Å². The molecular formula is C56H34. The van der Waals surface area contributed by atoms with E-state index in [9.17, 15) is 0 Å². The van der Waals surface area contributed by atoms with Gasteiger partial charge in [0.25, 0.3) is 0 Å². The van der Waals surface area contributed by atoms with E-state index in [1.807, 2.05) is 0 Å². The summed E-state index contributed by atoms with van der Waals surface area (Å²) in [6.45, 7) is 0. The van der Waals surface area contributed by atoms with Gasteiger partial charge in [-0.1, -0.05) is 182 Å². The van der Waals surface area contributed by atoms with Gasteiger partial charge in [-0.15, -0.1) is 0 Å². The Morgan fingerprint density at radius 2 is 0.607 bits per heavy atom. The SMILES string of the molecule is c1cc(-c2ccc3c(ccc4ccccc43)c2)cc(-c2ccc3ccc4c(-c5cccc(-c6cc7ccccc7c7ccccc67)c5)ccc5ccc2c3c54)c1. The first-order valence-electron chi connectivity index (χ1n) is 19.5. The van der Waals surface area contributed by atoms with Crippen LogP contribution in [0.3, 0.4) is 0 Å². The van der Waals surface area contributed by atoms with E-state index in [0.717, 1.165) is 0 Å². The topological polar surface area (TPSA) is 0 Å². The first-order valence-corrected chi connectivity index (χ1v) is 19.5. The van der Waals surface area contributed by atoms with Gasteiger partial charge in [0.15, 0.2) is 0 Å². The van der Waals surface area contributed by atoms with E-state index in [2.05, 4.69) is 206 Å². The van der Waals surface area contributed by atoms with Crippen molar-refractivity contribution in [2.75, 3.05) is 0 Å². The van der Waals surface area contributed by atoms with Crippen molar-refractivity contribution in [3.63, 3.8) is 0 Å². The lowest BCUT2D eigenvalue weighted by atomic mass is 9.86. The highest BCUT2D eigenvalue weighted by molar-refractivity contribution is 6.27. The van der Waals surface area contributed by atoms with E-state index in [1.165, 1.54) is 120 Å². The lowest BCUT2D eigenvalue weighted by molar-refractivity contribution is 1.62. The van der Waals surface area contributed by atoms with Crippen molar-refractivity contribution in [1.82, 2.24) is 0 Å². The van der Waals surface area contributed by atoms with Crippen LogP contribution in [0.4, 0.5) is 0 Å². The Balaban J connectivity index is 0.992. The van der Waals surface area contributed by atoms with E-state index in [4.69, 9.17) is 0 Å². The molecule has 0 bridgehead atoms. The highest BCUT2D eigenvalue weighted by Gasteiger charge is 2.17. The molecule has 12 rings (SSSR count). The van der Waals surface area contributed by atoms with Crippen molar-refractivity contribution in [2.45, 2.75) is 0 Å². The average molecular weight is 707 g/mol. The smallest absolute Gasteiger partial charge is 0.00203 e. The molecule has 0 unspecified atom stereocenters. The fourth-order valence-corrected chi connectivity index (χ4v) is 9.51. The van der Waals surface area contributed by atoms with Crippen molar-refractivity contribution in [3.8, 4) is 44.5 Å². The lowest BCUT2D eigenvalue weighted by Crippen LogP contribution is -1.90. The van der Waals surface area contributed by atoms with E-state index < -0.39 is 0 Å². The zero-order valence-electron chi connectivity index (χ0n) is 30.6. The van der Waals surface area contributed by atoms with Gasteiger partial charge in [0.2, 0.25) is 0 Å². The van der Waals surface area contributed by atoms with Crippen LogP contribution in [0.5, 0.6) is 0 Å². The summed E-state index contributed by atoms with van der Waals surface area (Å²) in [4.78, 5) is 0. The molecule has 0 heterocycles. The van der Waals surface area contributed by atoms with Crippen molar-refractivity contribution in [1.29, 1.82) is 0 Å². The average Bonchev–Trinajstić information content (AvgIpc) is 3.27. The summed E-state index contributed by atoms with van der Waals surface area (Å²) in [6.07, 6.45) is 0. The molecule has 0 aromatic heterocycles. The number of rotatable bonds is 4. The van der Waals surface area contributed by atoms with Crippen LogP contribution in [0.2, 0.25) is 0 Å². The van der Waals surface area contributed by atoms with E-state index in [-0.39, 0.29) is 0 Å². The summed E-state index contributed by atoms with van der Waals surface area (Å²) in [6, 6.07) is 76.7. The molecule has 0 aliphatic rings. The van der Waals surface area contributed by atoms with Crippen LogP contribution in [0.1, 0.15) is 0 Å². The first kappa shape index (κ1) is 31.1. The molecular weight excluding hydrogens is 673 g/mol. The van der Waals surface area contributed by atoms with Crippen molar-refractivity contribution in [3.05, 3.63) is 206 Å². The maximum Gasteiger partial charge on any atom is -0.00203 e. The van der Waals surface area contributed by atoms with Gasteiger partial charge in [-0.25, -0.2) is 0 Å². The zero-order chi connectivity index (χ0) is 36.7. The maximum absolute atomic E-state index is 2.38.